The molecular formula is C13H19NO3. The van der Waals surface area contributed by atoms with Gasteiger partial charge in [-0.3, -0.25) is 0 Å². The summed E-state index contributed by atoms with van der Waals surface area (Å²) in [7, 11) is 0. The van der Waals surface area contributed by atoms with E-state index in [1.165, 1.54) is 0 Å². The summed E-state index contributed by atoms with van der Waals surface area (Å²) < 4.78 is 10.7. The summed E-state index contributed by atoms with van der Waals surface area (Å²) >= 11 is 0. The summed E-state index contributed by atoms with van der Waals surface area (Å²) in [4.78, 5) is 0. The van der Waals surface area contributed by atoms with Crippen molar-refractivity contribution in [2.45, 2.75) is 25.8 Å². The number of aliphatic hydroxyl groups is 1. The van der Waals surface area contributed by atoms with Crippen molar-refractivity contribution in [2.24, 2.45) is 0 Å². The van der Waals surface area contributed by atoms with Crippen molar-refractivity contribution in [3.05, 3.63) is 23.8 Å². The van der Waals surface area contributed by atoms with Gasteiger partial charge in [-0.1, -0.05) is 13.0 Å². The van der Waals surface area contributed by atoms with Crippen LogP contribution >= 0.6 is 0 Å². The van der Waals surface area contributed by atoms with Crippen molar-refractivity contribution >= 4 is 0 Å². The second-order valence-electron chi connectivity index (χ2n) is 4.40. The molecule has 0 amide bonds. The van der Waals surface area contributed by atoms with Crippen LogP contribution in [0.4, 0.5) is 0 Å². The van der Waals surface area contributed by atoms with Gasteiger partial charge in [0.1, 0.15) is 0 Å². The Morgan fingerprint density at radius 2 is 2.12 bits per heavy atom. The van der Waals surface area contributed by atoms with Gasteiger partial charge in [0, 0.05) is 12.1 Å². The van der Waals surface area contributed by atoms with Crippen LogP contribution in [0.2, 0.25) is 0 Å². The van der Waals surface area contributed by atoms with E-state index in [-0.39, 0.29) is 18.9 Å². The fraction of sp³-hybridized carbons (Fsp3) is 0.538. The van der Waals surface area contributed by atoms with Crippen LogP contribution < -0.4 is 14.8 Å². The Morgan fingerprint density at radius 1 is 1.35 bits per heavy atom. The number of fused-ring (bicyclic) bond motifs is 1. The van der Waals surface area contributed by atoms with Gasteiger partial charge >= 0.3 is 0 Å². The Bertz CT molecular complexity index is 386. The van der Waals surface area contributed by atoms with Gasteiger partial charge in [0.2, 0.25) is 6.79 Å². The number of hydrogen-bond acceptors (Lipinski definition) is 4. The molecule has 2 N–H and O–H groups in total. The van der Waals surface area contributed by atoms with Gasteiger partial charge in [-0.05, 0) is 37.6 Å². The number of aliphatic hydroxyl groups excluding tert-OH is 1. The number of benzene rings is 1. The average molecular weight is 237 g/mol. The Morgan fingerprint density at radius 3 is 2.82 bits per heavy atom. The molecule has 0 aliphatic carbocycles. The highest BCUT2D eigenvalue weighted by Crippen LogP contribution is 2.36. The first-order valence-electron chi connectivity index (χ1n) is 5.95. The van der Waals surface area contributed by atoms with E-state index < -0.39 is 0 Å². The van der Waals surface area contributed by atoms with E-state index in [2.05, 4.69) is 19.2 Å². The highest BCUT2D eigenvalue weighted by Gasteiger charge is 2.27. The van der Waals surface area contributed by atoms with Gasteiger partial charge in [0.05, 0.1) is 0 Å². The number of ether oxygens (including phenoxy) is 2. The number of hydrogen-bond donors (Lipinski definition) is 2. The lowest BCUT2D eigenvalue weighted by Gasteiger charge is -2.30. The minimum Gasteiger partial charge on any atom is -0.454 e. The van der Waals surface area contributed by atoms with E-state index >= 15 is 0 Å². The summed E-state index contributed by atoms with van der Waals surface area (Å²) in [6.07, 6.45) is 0.667. The molecule has 0 saturated heterocycles. The monoisotopic (exact) mass is 237 g/mol. The minimum atomic E-state index is -0.232. The molecule has 4 heteroatoms. The van der Waals surface area contributed by atoms with Crippen molar-refractivity contribution in [1.29, 1.82) is 0 Å². The lowest BCUT2D eigenvalue weighted by molar-refractivity contribution is 0.173. The van der Waals surface area contributed by atoms with Crippen LogP contribution in [0.15, 0.2) is 18.2 Å². The molecule has 1 unspecified atom stereocenters. The second kappa shape index (κ2) is 4.94. The largest absolute Gasteiger partial charge is 0.454 e. The fourth-order valence-corrected chi connectivity index (χ4v) is 2.19. The molecule has 1 aromatic rings. The molecule has 4 nitrogen and oxygen atoms in total. The Kier molecular flexibility index (Phi) is 3.54. The van der Waals surface area contributed by atoms with E-state index in [4.69, 9.17) is 9.47 Å². The maximum absolute atomic E-state index is 9.19. The van der Waals surface area contributed by atoms with Gasteiger partial charge in [0.15, 0.2) is 11.5 Å². The van der Waals surface area contributed by atoms with Crippen LogP contribution in [-0.4, -0.2) is 25.1 Å². The van der Waals surface area contributed by atoms with Gasteiger partial charge in [-0.15, -0.1) is 0 Å². The molecule has 1 aromatic carbocycles. The first kappa shape index (κ1) is 12.2. The SMILES string of the molecule is CCNC(C)(CCO)c1ccc2c(c1)OCO2. The molecule has 2 rings (SSSR count). The zero-order valence-electron chi connectivity index (χ0n) is 10.3. The molecule has 1 heterocycles. The minimum absolute atomic E-state index is 0.151. The normalized spacial score (nSPS) is 16.9. The Hall–Kier alpha value is -1.26. The van der Waals surface area contributed by atoms with Gasteiger partial charge in [-0.2, -0.15) is 0 Å². The maximum atomic E-state index is 9.19. The summed E-state index contributed by atoms with van der Waals surface area (Å²) in [5.74, 6) is 1.57. The number of rotatable bonds is 5. The van der Waals surface area contributed by atoms with Crippen LogP contribution in [-0.2, 0) is 5.54 Å². The van der Waals surface area contributed by atoms with E-state index in [1.807, 2.05) is 18.2 Å². The molecule has 0 spiro atoms. The maximum Gasteiger partial charge on any atom is 0.231 e. The van der Waals surface area contributed by atoms with Gasteiger partial charge < -0.3 is 19.9 Å². The van der Waals surface area contributed by atoms with Crippen molar-refractivity contribution < 1.29 is 14.6 Å². The highest BCUT2D eigenvalue weighted by atomic mass is 16.7. The molecular weight excluding hydrogens is 218 g/mol. The third kappa shape index (κ3) is 2.37. The summed E-state index contributed by atoms with van der Waals surface area (Å²) in [5, 5.41) is 12.6. The molecule has 0 saturated carbocycles. The molecule has 0 fully saturated rings. The van der Waals surface area contributed by atoms with Crippen molar-refractivity contribution in [3.63, 3.8) is 0 Å². The van der Waals surface area contributed by atoms with Crippen LogP contribution in [0.3, 0.4) is 0 Å². The molecule has 0 aromatic heterocycles. The number of nitrogens with one attached hydrogen (secondary N) is 1. The molecule has 1 aliphatic rings. The third-order valence-corrected chi connectivity index (χ3v) is 3.19. The van der Waals surface area contributed by atoms with Gasteiger partial charge in [0.25, 0.3) is 0 Å². The quantitative estimate of drug-likeness (QED) is 0.817. The fourth-order valence-electron chi connectivity index (χ4n) is 2.19. The lowest BCUT2D eigenvalue weighted by Crippen LogP contribution is -2.40. The molecule has 0 radical (unpaired) electrons. The van der Waals surface area contributed by atoms with Crippen LogP contribution in [0.5, 0.6) is 11.5 Å². The van der Waals surface area contributed by atoms with E-state index in [1.54, 1.807) is 0 Å². The van der Waals surface area contributed by atoms with E-state index in [0.29, 0.717) is 6.42 Å². The van der Waals surface area contributed by atoms with Gasteiger partial charge in [-0.25, -0.2) is 0 Å². The topological polar surface area (TPSA) is 50.7 Å². The molecule has 1 aliphatic heterocycles. The third-order valence-electron chi connectivity index (χ3n) is 3.19. The van der Waals surface area contributed by atoms with Crippen LogP contribution in [0.1, 0.15) is 25.8 Å². The van der Waals surface area contributed by atoms with Crippen molar-refractivity contribution in [2.75, 3.05) is 19.9 Å². The average Bonchev–Trinajstić information content (AvgIpc) is 2.76. The first-order chi connectivity index (χ1) is 8.19. The predicted molar refractivity (Wildman–Crippen MR) is 65.3 cm³/mol. The predicted octanol–water partition coefficient (Wildman–Crippen LogP) is 1.62. The highest BCUT2D eigenvalue weighted by molar-refractivity contribution is 5.46. The lowest BCUT2D eigenvalue weighted by atomic mass is 9.88. The van der Waals surface area contributed by atoms with Crippen molar-refractivity contribution in [1.82, 2.24) is 5.32 Å². The van der Waals surface area contributed by atoms with E-state index in [9.17, 15) is 5.11 Å². The zero-order valence-corrected chi connectivity index (χ0v) is 10.3. The molecule has 94 valence electrons. The van der Waals surface area contributed by atoms with Crippen LogP contribution in [0, 0.1) is 0 Å². The summed E-state index contributed by atoms with van der Waals surface area (Å²) in [5.41, 5.74) is 0.877. The zero-order chi connectivity index (χ0) is 12.3. The molecule has 0 bridgehead atoms. The Balaban J connectivity index is 2.29. The Labute approximate surface area is 102 Å². The summed E-state index contributed by atoms with van der Waals surface area (Å²) in [6.45, 7) is 5.44. The smallest absolute Gasteiger partial charge is 0.231 e. The summed E-state index contributed by atoms with van der Waals surface area (Å²) in [6, 6.07) is 5.93. The van der Waals surface area contributed by atoms with Crippen LogP contribution in [0.25, 0.3) is 0 Å². The van der Waals surface area contributed by atoms with E-state index in [0.717, 1.165) is 23.6 Å². The first-order valence-corrected chi connectivity index (χ1v) is 5.95. The molecule has 17 heavy (non-hydrogen) atoms. The second-order valence-corrected chi connectivity index (χ2v) is 4.40. The van der Waals surface area contributed by atoms with Crippen molar-refractivity contribution in [3.8, 4) is 11.5 Å². The standard InChI is InChI=1S/C13H19NO3/c1-3-14-13(2,6-7-15)10-4-5-11-12(8-10)17-9-16-11/h4-5,8,14-15H,3,6-7,9H2,1-2H3. The molecule has 1 atom stereocenters.